The lowest BCUT2D eigenvalue weighted by Crippen LogP contribution is -2.56. The van der Waals surface area contributed by atoms with E-state index in [0.29, 0.717) is 39.3 Å². The molecule has 1 aromatic rings. The van der Waals surface area contributed by atoms with Crippen LogP contribution in [0.5, 0.6) is 0 Å². The lowest BCUT2D eigenvalue weighted by molar-refractivity contribution is -0.142. The van der Waals surface area contributed by atoms with Crippen LogP contribution >= 0.6 is 0 Å². The van der Waals surface area contributed by atoms with Crippen molar-refractivity contribution >= 4 is 11.8 Å². The largest absolute Gasteiger partial charge is 0.379 e. The van der Waals surface area contributed by atoms with Crippen LogP contribution in [0.2, 0.25) is 0 Å². The van der Waals surface area contributed by atoms with Crippen molar-refractivity contribution < 1.29 is 14.3 Å². The fraction of sp³-hybridized carbons (Fsp3) is 0.636. The normalized spacial score (nSPS) is 28.2. The summed E-state index contributed by atoms with van der Waals surface area (Å²) in [7, 11) is 0. The molecule has 1 aromatic carbocycles. The topological polar surface area (TPSA) is 61.9 Å². The Kier molecular flexibility index (Phi) is 5.97. The highest BCUT2D eigenvalue weighted by Crippen LogP contribution is 2.48. The van der Waals surface area contributed by atoms with Gasteiger partial charge >= 0.3 is 0 Å². The molecule has 2 heterocycles. The highest BCUT2D eigenvalue weighted by Gasteiger charge is 2.50. The smallest absolute Gasteiger partial charge is 0.234 e. The van der Waals surface area contributed by atoms with Crippen molar-refractivity contribution in [2.75, 3.05) is 39.4 Å². The zero-order chi connectivity index (χ0) is 19.4. The van der Waals surface area contributed by atoms with E-state index in [0.717, 1.165) is 38.8 Å². The highest BCUT2D eigenvalue weighted by molar-refractivity contribution is 5.79. The molecule has 0 aromatic heterocycles. The zero-order valence-electron chi connectivity index (χ0n) is 16.6. The summed E-state index contributed by atoms with van der Waals surface area (Å²) in [6, 6.07) is 10.5. The number of amides is 2. The van der Waals surface area contributed by atoms with Gasteiger partial charge in [-0.2, -0.15) is 0 Å². The van der Waals surface area contributed by atoms with Crippen molar-refractivity contribution in [3.05, 3.63) is 35.9 Å². The number of nitrogens with zero attached hydrogens (tertiary/aromatic N) is 2. The molecule has 152 valence electrons. The van der Waals surface area contributed by atoms with E-state index >= 15 is 0 Å². The fourth-order valence-corrected chi connectivity index (χ4v) is 5.14. The van der Waals surface area contributed by atoms with Gasteiger partial charge in [-0.25, -0.2) is 0 Å². The van der Waals surface area contributed by atoms with E-state index in [1.54, 1.807) is 0 Å². The molecular weight excluding hydrogens is 354 g/mol. The predicted molar refractivity (Wildman–Crippen MR) is 107 cm³/mol. The third-order valence-electron chi connectivity index (χ3n) is 6.70. The maximum Gasteiger partial charge on any atom is 0.234 e. The average Bonchev–Trinajstić information content (AvgIpc) is 3.15. The summed E-state index contributed by atoms with van der Waals surface area (Å²) in [5, 5.41) is 3.20. The second-order valence-electron chi connectivity index (χ2n) is 8.44. The molecule has 0 bridgehead atoms. The molecule has 1 saturated carbocycles. The third-order valence-corrected chi connectivity index (χ3v) is 6.70. The minimum Gasteiger partial charge on any atom is -0.379 e. The SMILES string of the molecule is O=C(CN1CCOCC1)NC[C@@]12CCC[C@H]1N(Cc1ccccc1)C(=O)CC2. The third kappa shape index (κ3) is 4.23. The number of ether oxygens (including phenoxy) is 1. The summed E-state index contributed by atoms with van der Waals surface area (Å²) in [5.74, 6) is 0.347. The van der Waals surface area contributed by atoms with Gasteiger partial charge < -0.3 is 15.0 Å². The summed E-state index contributed by atoms with van der Waals surface area (Å²) < 4.78 is 5.35. The Labute approximate surface area is 167 Å². The molecule has 2 saturated heterocycles. The standard InChI is InChI=1S/C22H31N3O3/c26-20(16-24-11-13-28-14-12-24)23-17-22-9-4-7-19(22)25(21(27)8-10-22)15-18-5-2-1-3-6-18/h1-3,5-6,19H,4,7-17H2,(H,23,26)/t19-,22+/m1/s1. The Bertz CT molecular complexity index is 690. The monoisotopic (exact) mass is 385 g/mol. The summed E-state index contributed by atoms with van der Waals surface area (Å²) >= 11 is 0. The van der Waals surface area contributed by atoms with Crippen LogP contribution in [0.1, 0.15) is 37.7 Å². The van der Waals surface area contributed by atoms with Crippen molar-refractivity contribution in [1.29, 1.82) is 0 Å². The number of piperidine rings is 1. The first-order valence-electron chi connectivity index (χ1n) is 10.6. The maximum atomic E-state index is 12.7. The van der Waals surface area contributed by atoms with E-state index in [1.165, 1.54) is 5.56 Å². The number of fused-ring (bicyclic) bond motifs is 1. The van der Waals surface area contributed by atoms with E-state index in [-0.39, 0.29) is 23.3 Å². The number of hydrogen-bond acceptors (Lipinski definition) is 4. The summed E-state index contributed by atoms with van der Waals surface area (Å²) in [6.07, 6.45) is 4.73. The molecule has 2 aliphatic heterocycles. The molecule has 1 N–H and O–H groups in total. The van der Waals surface area contributed by atoms with E-state index < -0.39 is 0 Å². The van der Waals surface area contributed by atoms with Gasteiger partial charge in [-0.05, 0) is 24.8 Å². The first-order chi connectivity index (χ1) is 13.7. The molecule has 3 aliphatic rings. The summed E-state index contributed by atoms with van der Waals surface area (Å²) in [5.41, 5.74) is 1.21. The Morgan fingerprint density at radius 2 is 1.96 bits per heavy atom. The summed E-state index contributed by atoms with van der Waals surface area (Å²) in [4.78, 5) is 29.4. The van der Waals surface area contributed by atoms with Crippen molar-refractivity contribution in [2.45, 2.75) is 44.7 Å². The van der Waals surface area contributed by atoms with Crippen LogP contribution in [0, 0.1) is 5.41 Å². The minimum atomic E-state index is 0.0311. The lowest BCUT2D eigenvalue weighted by Gasteiger charge is -2.46. The molecule has 2 amide bonds. The highest BCUT2D eigenvalue weighted by atomic mass is 16.5. The van der Waals surface area contributed by atoms with Crippen LogP contribution in [0.15, 0.2) is 30.3 Å². The Morgan fingerprint density at radius 3 is 2.75 bits per heavy atom. The number of morpholine rings is 1. The molecule has 0 radical (unpaired) electrons. The summed E-state index contributed by atoms with van der Waals surface area (Å²) in [6.45, 7) is 4.84. The van der Waals surface area contributed by atoms with Gasteiger partial charge in [0, 0.05) is 44.1 Å². The van der Waals surface area contributed by atoms with Crippen molar-refractivity contribution in [3.63, 3.8) is 0 Å². The van der Waals surface area contributed by atoms with Crippen LogP contribution in [0.25, 0.3) is 0 Å². The second-order valence-corrected chi connectivity index (χ2v) is 8.44. The van der Waals surface area contributed by atoms with Crippen LogP contribution in [-0.2, 0) is 20.9 Å². The molecule has 6 nitrogen and oxygen atoms in total. The van der Waals surface area contributed by atoms with Gasteiger partial charge in [-0.3, -0.25) is 14.5 Å². The molecule has 0 unspecified atom stereocenters. The molecule has 3 fully saturated rings. The second kappa shape index (κ2) is 8.62. The predicted octanol–water partition coefficient (Wildman–Crippen LogP) is 1.80. The van der Waals surface area contributed by atoms with Crippen LogP contribution < -0.4 is 5.32 Å². The molecule has 0 spiro atoms. The fourth-order valence-electron chi connectivity index (χ4n) is 5.14. The van der Waals surface area contributed by atoms with Crippen LogP contribution in [-0.4, -0.2) is 67.0 Å². The molecule has 2 atom stereocenters. The van der Waals surface area contributed by atoms with Gasteiger partial charge in [-0.15, -0.1) is 0 Å². The van der Waals surface area contributed by atoms with Crippen molar-refractivity contribution in [2.24, 2.45) is 5.41 Å². The number of hydrogen-bond donors (Lipinski definition) is 1. The van der Waals surface area contributed by atoms with Crippen molar-refractivity contribution in [1.82, 2.24) is 15.1 Å². The average molecular weight is 386 g/mol. The maximum absolute atomic E-state index is 12.7. The lowest BCUT2D eigenvalue weighted by atomic mass is 9.74. The molecule has 4 rings (SSSR count). The zero-order valence-corrected chi connectivity index (χ0v) is 16.6. The van der Waals surface area contributed by atoms with Gasteiger partial charge in [0.1, 0.15) is 0 Å². The van der Waals surface area contributed by atoms with E-state index in [4.69, 9.17) is 4.74 Å². The van der Waals surface area contributed by atoms with Gasteiger partial charge in [0.05, 0.1) is 19.8 Å². The number of nitrogens with one attached hydrogen (secondary N) is 1. The van der Waals surface area contributed by atoms with E-state index in [2.05, 4.69) is 27.2 Å². The first kappa shape index (κ1) is 19.4. The number of rotatable bonds is 6. The van der Waals surface area contributed by atoms with Gasteiger partial charge in [0.2, 0.25) is 11.8 Å². The Morgan fingerprint density at radius 1 is 1.18 bits per heavy atom. The number of carbonyl (C=O) groups is 2. The number of likely N-dealkylation sites (tertiary alicyclic amines) is 1. The van der Waals surface area contributed by atoms with E-state index in [9.17, 15) is 9.59 Å². The van der Waals surface area contributed by atoms with Crippen LogP contribution in [0.4, 0.5) is 0 Å². The minimum absolute atomic E-state index is 0.0311. The number of carbonyl (C=O) groups excluding carboxylic acids is 2. The van der Waals surface area contributed by atoms with Crippen LogP contribution in [0.3, 0.4) is 0 Å². The Balaban J connectivity index is 1.39. The molecular formula is C22H31N3O3. The van der Waals surface area contributed by atoms with Gasteiger partial charge in [0.15, 0.2) is 0 Å². The van der Waals surface area contributed by atoms with Crippen molar-refractivity contribution in [3.8, 4) is 0 Å². The van der Waals surface area contributed by atoms with Gasteiger partial charge in [-0.1, -0.05) is 36.8 Å². The van der Waals surface area contributed by atoms with Gasteiger partial charge in [0.25, 0.3) is 0 Å². The molecule has 28 heavy (non-hydrogen) atoms. The molecule has 1 aliphatic carbocycles. The quantitative estimate of drug-likeness (QED) is 0.811. The number of benzene rings is 1. The molecule has 6 heteroatoms. The Hall–Kier alpha value is -1.92. The van der Waals surface area contributed by atoms with E-state index in [1.807, 2.05) is 18.2 Å². The first-order valence-corrected chi connectivity index (χ1v) is 10.6.